The Kier molecular flexibility index (Phi) is 5.87. The minimum absolute atomic E-state index is 0.0463. The highest BCUT2D eigenvalue weighted by Crippen LogP contribution is 2.43. The lowest BCUT2D eigenvalue weighted by Crippen LogP contribution is -2.29. The van der Waals surface area contributed by atoms with E-state index in [2.05, 4.69) is 0 Å². The molecule has 0 saturated carbocycles. The van der Waals surface area contributed by atoms with Crippen molar-refractivity contribution in [1.82, 2.24) is 0 Å². The fourth-order valence-corrected chi connectivity index (χ4v) is 4.82. The first-order chi connectivity index (χ1) is 14.3. The second-order valence-corrected chi connectivity index (χ2v) is 9.58. The molecule has 1 aliphatic rings. The van der Waals surface area contributed by atoms with Crippen LogP contribution in [0.15, 0.2) is 65.6 Å². The summed E-state index contributed by atoms with van der Waals surface area (Å²) in [5.41, 5.74) is 5.00. The normalized spacial score (nSPS) is 16.0. The molecular weight excluding hydrogens is 420 g/mol. The van der Waals surface area contributed by atoms with Gasteiger partial charge in [-0.15, -0.1) is 0 Å². The molecule has 1 atom stereocenters. The molecule has 4 nitrogen and oxygen atoms in total. The summed E-state index contributed by atoms with van der Waals surface area (Å²) in [7, 11) is -3.84. The van der Waals surface area contributed by atoms with Crippen LogP contribution in [0.5, 0.6) is 5.75 Å². The third-order valence-electron chi connectivity index (χ3n) is 5.34. The molecule has 6 heteroatoms. The second-order valence-electron chi connectivity index (χ2n) is 7.56. The zero-order valence-corrected chi connectivity index (χ0v) is 18.5. The molecule has 0 N–H and O–H groups in total. The van der Waals surface area contributed by atoms with Crippen LogP contribution in [-0.2, 0) is 20.7 Å². The molecule has 156 valence electrons. The third-order valence-corrected chi connectivity index (χ3v) is 6.95. The Morgan fingerprint density at radius 2 is 1.77 bits per heavy atom. The van der Waals surface area contributed by atoms with Crippen molar-refractivity contribution < 1.29 is 17.3 Å². The molecular formula is C24H23ClO4S. The Morgan fingerprint density at radius 1 is 1.03 bits per heavy atom. The Hall–Kier alpha value is -2.34. The summed E-state index contributed by atoms with van der Waals surface area (Å²) < 4.78 is 36.6. The van der Waals surface area contributed by atoms with E-state index >= 15 is 0 Å². The molecule has 0 spiro atoms. The van der Waals surface area contributed by atoms with E-state index in [0.717, 1.165) is 34.2 Å². The molecule has 1 aliphatic heterocycles. The van der Waals surface area contributed by atoms with Crippen molar-refractivity contribution in [2.45, 2.75) is 37.7 Å². The number of ether oxygens (including phenoxy) is 1. The SMILES string of the molecule is Cc1ccc(S(=O)(=O)OCC2CCc3ccc(Cl)c(-c4ccccc4C)c3O2)cc1. The van der Waals surface area contributed by atoms with Crippen LogP contribution >= 0.6 is 11.6 Å². The zero-order valence-electron chi connectivity index (χ0n) is 16.9. The van der Waals surface area contributed by atoms with Gasteiger partial charge in [0.25, 0.3) is 10.1 Å². The van der Waals surface area contributed by atoms with Crippen molar-refractivity contribution in [3.05, 3.63) is 82.4 Å². The highest BCUT2D eigenvalue weighted by molar-refractivity contribution is 7.86. The molecule has 1 heterocycles. The molecule has 0 bridgehead atoms. The Morgan fingerprint density at radius 3 is 2.50 bits per heavy atom. The standard InChI is InChI=1S/C24H23ClO4S/c1-16-7-12-20(13-8-16)30(26,27)28-15-19-11-9-18-10-14-22(25)23(24(18)29-19)21-6-4-3-5-17(21)2/h3-8,10,12-14,19H,9,11,15H2,1-2H3. The largest absolute Gasteiger partial charge is 0.487 e. The quantitative estimate of drug-likeness (QED) is 0.474. The monoisotopic (exact) mass is 442 g/mol. The lowest BCUT2D eigenvalue weighted by molar-refractivity contribution is 0.113. The number of aryl methyl sites for hydroxylation is 3. The maximum absolute atomic E-state index is 12.5. The number of hydrogen-bond donors (Lipinski definition) is 0. The van der Waals surface area contributed by atoms with Gasteiger partial charge < -0.3 is 4.74 Å². The topological polar surface area (TPSA) is 52.6 Å². The molecule has 1 unspecified atom stereocenters. The number of halogens is 1. The van der Waals surface area contributed by atoms with Crippen molar-refractivity contribution in [1.29, 1.82) is 0 Å². The minimum atomic E-state index is -3.84. The number of benzene rings is 3. The van der Waals surface area contributed by atoms with Gasteiger partial charge >= 0.3 is 0 Å². The third kappa shape index (κ3) is 4.24. The summed E-state index contributed by atoms with van der Waals surface area (Å²) in [6.45, 7) is 3.89. The molecule has 0 aliphatic carbocycles. The average Bonchev–Trinajstić information content (AvgIpc) is 2.73. The van der Waals surface area contributed by atoms with Gasteiger partial charge in [0.2, 0.25) is 0 Å². The second kappa shape index (κ2) is 8.42. The molecule has 0 fully saturated rings. The number of rotatable bonds is 5. The summed E-state index contributed by atoms with van der Waals surface area (Å²) in [5, 5.41) is 0.608. The fourth-order valence-electron chi connectivity index (χ4n) is 3.64. The maximum atomic E-state index is 12.5. The predicted octanol–water partition coefficient (Wildman–Crippen LogP) is 5.72. The molecule has 3 aromatic carbocycles. The van der Waals surface area contributed by atoms with Gasteiger partial charge in [-0.2, -0.15) is 8.42 Å². The maximum Gasteiger partial charge on any atom is 0.297 e. The van der Waals surface area contributed by atoms with E-state index in [1.807, 2.05) is 50.2 Å². The van der Waals surface area contributed by atoms with Crippen molar-refractivity contribution in [3.8, 4) is 16.9 Å². The summed E-state index contributed by atoms with van der Waals surface area (Å²) >= 11 is 6.55. The number of fused-ring (bicyclic) bond motifs is 1. The van der Waals surface area contributed by atoms with Gasteiger partial charge in [0, 0.05) is 5.56 Å². The van der Waals surface area contributed by atoms with Crippen LogP contribution in [-0.4, -0.2) is 21.1 Å². The average molecular weight is 443 g/mol. The first-order valence-corrected chi connectivity index (χ1v) is 11.6. The van der Waals surface area contributed by atoms with E-state index in [-0.39, 0.29) is 17.6 Å². The fraction of sp³-hybridized carbons (Fsp3) is 0.250. The van der Waals surface area contributed by atoms with Crippen LogP contribution in [0.1, 0.15) is 23.1 Å². The lowest BCUT2D eigenvalue weighted by Gasteiger charge is -2.28. The first-order valence-electron chi connectivity index (χ1n) is 9.85. The van der Waals surface area contributed by atoms with Gasteiger partial charge in [-0.1, -0.05) is 59.6 Å². The zero-order chi connectivity index (χ0) is 21.3. The van der Waals surface area contributed by atoms with Crippen LogP contribution in [0, 0.1) is 13.8 Å². The van der Waals surface area contributed by atoms with Crippen molar-refractivity contribution in [3.63, 3.8) is 0 Å². The molecule has 30 heavy (non-hydrogen) atoms. The van der Waals surface area contributed by atoms with Crippen LogP contribution in [0.2, 0.25) is 5.02 Å². The molecule has 0 amide bonds. The van der Waals surface area contributed by atoms with Crippen LogP contribution in [0.3, 0.4) is 0 Å². The van der Waals surface area contributed by atoms with Gasteiger partial charge in [0.05, 0.1) is 9.92 Å². The summed E-state index contributed by atoms with van der Waals surface area (Å²) in [5.74, 6) is 0.712. The lowest BCUT2D eigenvalue weighted by atomic mass is 9.93. The van der Waals surface area contributed by atoms with E-state index in [4.69, 9.17) is 20.5 Å². The van der Waals surface area contributed by atoms with Gasteiger partial charge in [-0.05, 0) is 61.6 Å². The predicted molar refractivity (Wildman–Crippen MR) is 119 cm³/mol. The van der Waals surface area contributed by atoms with E-state index in [0.29, 0.717) is 17.2 Å². The van der Waals surface area contributed by atoms with Gasteiger partial charge in [0.1, 0.15) is 18.5 Å². The summed E-state index contributed by atoms with van der Waals surface area (Å²) in [6, 6.07) is 18.5. The van der Waals surface area contributed by atoms with E-state index in [9.17, 15) is 8.42 Å². The summed E-state index contributed by atoms with van der Waals surface area (Å²) in [4.78, 5) is 0.146. The Labute approximate surface area is 182 Å². The van der Waals surface area contributed by atoms with Crippen molar-refractivity contribution in [2.24, 2.45) is 0 Å². The molecule has 0 saturated heterocycles. The molecule has 0 radical (unpaired) electrons. The Bertz CT molecular complexity index is 1170. The van der Waals surface area contributed by atoms with E-state index in [1.54, 1.807) is 24.3 Å². The van der Waals surface area contributed by atoms with Gasteiger partial charge in [-0.25, -0.2) is 0 Å². The van der Waals surface area contributed by atoms with Crippen molar-refractivity contribution in [2.75, 3.05) is 6.61 Å². The van der Waals surface area contributed by atoms with E-state index in [1.165, 1.54) is 0 Å². The molecule has 4 rings (SSSR count). The highest BCUT2D eigenvalue weighted by Gasteiger charge is 2.27. The minimum Gasteiger partial charge on any atom is -0.487 e. The van der Waals surface area contributed by atoms with Crippen LogP contribution in [0.25, 0.3) is 11.1 Å². The van der Waals surface area contributed by atoms with Gasteiger partial charge in [-0.3, -0.25) is 4.18 Å². The summed E-state index contributed by atoms with van der Waals surface area (Å²) in [6.07, 6.45) is 1.06. The Balaban J connectivity index is 1.57. The molecule has 3 aromatic rings. The van der Waals surface area contributed by atoms with Crippen molar-refractivity contribution >= 4 is 21.7 Å². The number of hydrogen-bond acceptors (Lipinski definition) is 4. The highest BCUT2D eigenvalue weighted by atomic mass is 35.5. The van der Waals surface area contributed by atoms with Crippen LogP contribution < -0.4 is 4.74 Å². The first kappa shape index (κ1) is 20.9. The smallest absolute Gasteiger partial charge is 0.297 e. The van der Waals surface area contributed by atoms with Gasteiger partial charge in [0.15, 0.2) is 0 Å². The molecule has 0 aromatic heterocycles. The van der Waals surface area contributed by atoms with E-state index < -0.39 is 10.1 Å². The van der Waals surface area contributed by atoms with Crippen LogP contribution in [0.4, 0.5) is 0 Å².